The van der Waals surface area contributed by atoms with Crippen LogP contribution < -0.4 is 9.47 Å². The fraction of sp³-hybridized carbons (Fsp3) is 0.227. The third-order valence-electron chi connectivity index (χ3n) is 4.99. The number of aromatic amines is 2. The molecule has 0 radical (unpaired) electrons. The third kappa shape index (κ3) is 2.97. The maximum Gasteiger partial charge on any atom is 0.318 e. The fourth-order valence-electron chi connectivity index (χ4n) is 3.62. The molecule has 4 aromatic rings. The predicted octanol–water partition coefficient (Wildman–Crippen LogP) is 4.36. The van der Waals surface area contributed by atoms with E-state index in [2.05, 4.69) is 9.97 Å². The summed E-state index contributed by atoms with van der Waals surface area (Å²) in [7, 11) is 3.25. The van der Waals surface area contributed by atoms with E-state index in [0.29, 0.717) is 6.61 Å². The summed E-state index contributed by atoms with van der Waals surface area (Å²) < 4.78 is 16.2. The summed E-state index contributed by atoms with van der Waals surface area (Å²) in [4.78, 5) is 19.5. The molecule has 2 aromatic heterocycles. The monoisotopic (exact) mass is 378 g/mol. The van der Waals surface area contributed by atoms with Crippen LogP contribution in [0.2, 0.25) is 0 Å². The first-order valence-electron chi connectivity index (χ1n) is 9.13. The van der Waals surface area contributed by atoms with E-state index >= 15 is 0 Å². The molecule has 0 spiro atoms. The van der Waals surface area contributed by atoms with Crippen molar-refractivity contribution in [1.82, 2.24) is 9.97 Å². The van der Waals surface area contributed by atoms with Crippen molar-refractivity contribution in [2.24, 2.45) is 0 Å². The van der Waals surface area contributed by atoms with Crippen molar-refractivity contribution < 1.29 is 19.0 Å². The molecule has 0 unspecified atom stereocenters. The summed E-state index contributed by atoms with van der Waals surface area (Å²) in [5.41, 5.74) is 3.55. The average Bonchev–Trinajstić information content (AvgIpc) is 3.32. The Kier molecular flexibility index (Phi) is 4.69. The van der Waals surface area contributed by atoms with Crippen molar-refractivity contribution in [2.45, 2.75) is 12.8 Å². The molecular formula is C22H22N2O4. The molecule has 6 heteroatoms. The van der Waals surface area contributed by atoms with Crippen molar-refractivity contribution in [1.29, 1.82) is 0 Å². The Morgan fingerprint density at radius 1 is 0.893 bits per heavy atom. The van der Waals surface area contributed by atoms with Gasteiger partial charge in [0.2, 0.25) is 0 Å². The Balaban J connectivity index is 1.93. The van der Waals surface area contributed by atoms with E-state index in [1.807, 2.05) is 55.7 Å². The van der Waals surface area contributed by atoms with Gasteiger partial charge in [0.1, 0.15) is 17.4 Å². The summed E-state index contributed by atoms with van der Waals surface area (Å²) in [6.45, 7) is 2.12. The highest BCUT2D eigenvalue weighted by Gasteiger charge is 2.29. The van der Waals surface area contributed by atoms with Gasteiger partial charge < -0.3 is 24.2 Å². The number of carbonyl (C=O) groups excluding carboxylic acids is 1. The van der Waals surface area contributed by atoms with Crippen molar-refractivity contribution in [2.75, 3.05) is 20.8 Å². The Morgan fingerprint density at radius 3 is 1.82 bits per heavy atom. The molecule has 2 N–H and O–H groups in total. The van der Waals surface area contributed by atoms with Gasteiger partial charge in [-0.2, -0.15) is 0 Å². The fourth-order valence-corrected chi connectivity index (χ4v) is 3.62. The number of aromatic nitrogens is 2. The number of carbonyl (C=O) groups is 1. The van der Waals surface area contributed by atoms with E-state index in [0.717, 1.165) is 44.4 Å². The number of hydrogen-bond donors (Lipinski definition) is 2. The van der Waals surface area contributed by atoms with Crippen LogP contribution in [0.3, 0.4) is 0 Å². The lowest BCUT2D eigenvalue weighted by molar-refractivity contribution is -0.143. The van der Waals surface area contributed by atoms with Crippen LogP contribution in [0.1, 0.15) is 24.0 Å². The normalized spacial score (nSPS) is 11.3. The number of rotatable bonds is 6. The van der Waals surface area contributed by atoms with Crippen LogP contribution >= 0.6 is 0 Å². The van der Waals surface area contributed by atoms with Gasteiger partial charge >= 0.3 is 5.97 Å². The number of hydrogen-bond acceptors (Lipinski definition) is 4. The highest BCUT2D eigenvalue weighted by atomic mass is 16.5. The lowest BCUT2D eigenvalue weighted by Crippen LogP contribution is -2.17. The number of H-pyrrole nitrogens is 2. The maximum atomic E-state index is 13.0. The first-order valence-corrected chi connectivity index (χ1v) is 9.13. The van der Waals surface area contributed by atoms with Gasteiger partial charge in [0.05, 0.1) is 20.8 Å². The van der Waals surface area contributed by atoms with Crippen molar-refractivity contribution >= 4 is 27.8 Å². The van der Waals surface area contributed by atoms with Gasteiger partial charge in [-0.1, -0.05) is 0 Å². The smallest absolute Gasteiger partial charge is 0.318 e. The molecule has 144 valence electrons. The van der Waals surface area contributed by atoms with Crippen LogP contribution in [0.25, 0.3) is 21.8 Å². The number of methoxy groups -OCH3 is 2. The first-order chi connectivity index (χ1) is 13.7. The quantitative estimate of drug-likeness (QED) is 0.489. The molecular weight excluding hydrogens is 356 g/mol. The molecule has 2 heterocycles. The van der Waals surface area contributed by atoms with E-state index in [1.54, 1.807) is 14.2 Å². The van der Waals surface area contributed by atoms with Gasteiger partial charge in [0.25, 0.3) is 0 Å². The highest BCUT2D eigenvalue weighted by molar-refractivity contribution is 5.97. The third-order valence-corrected chi connectivity index (χ3v) is 4.99. The summed E-state index contributed by atoms with van der Waals surface area (Å²) in [6, 6.07) is 11.5. The van der Waals surface area contributed by atoms with Crippen molar-refractivity contribution in [3.8, 4) is 11.5 Å². The molecule has 0 saturated carbocycles. The van der Waals surface area contributed by atoms with Crippen LogP contribution in [-0.4, -0.2) is 36.8 Å². The summed E-state index contributed by atoms with van der Waals surface area (Å²) in [6.07, 6.45) is 3.73. The number of ether oxygens (including phenoxy) is 3. The van der Waals surface area contributed by atoms with Crippen LogP contribution in [0.5, 0.6) is 11.5 Å². The van der Waals surface area contributed by atoms with E-state index in [1.165, 1.54) is 0 Å². The van der Waals surface area contributed by atoms with Gasteiger partial charge in [0.15, 0.2) is 0 Å². The predicted molar refractivity (Wildman–Crippen MR) is 108 cm³/mol. The molecule has 0 fully saturated rings. The average molecular weight is 378 g/mol. The second-order valence-corrected chi connectivity index (χ2v) is 6.50. The molecule has 0 saturated heterocycles. The van der Waals surface area contributed by atoms with Crippen molar-refractivity contribution in [3.63, 3.8) is 0 Å². The minimum Gasteiger partial charge on any atom is -0.497 e. The Morgan fingerprint density at radius 2 is 1.39 bits per heavy atom. The molecule has 6 nitrogen and oxygen atoms in total. The van der Waals surface area contributed by atoms with E-state index < -0.39 is 5.92 Å². The summed E-state index contributed by atoms with van der Waals surface area (Å²) in [5, 5.41) is 1.85. The number of nitrogens with one attached hydrogen (secondary N) is 2. The lowest BCUT2D eigenvalue weighted by atomic mass is 9.90. The second kappa shape index (κ2) is 7.31. The lowest BCUT2D eigenvalue weighted by Gasteiger charge is -2.15. The number of fused-ring (bicyclic) bond motifs is 2. The number of esters is 1. The van der Waals surface area contributed by atoms with E-state index in [9.17, 15) is 4.79 Å². The van der Waals surface area contributed by atoms with Crippen molar-refractivity contribution in [3.05, 3.63) is 59.9 Å². The molecule has 4 rings (SSSR count). The zero-order valence-electron chi connectivity index (χ0n) is 16.0. The molecule has 28 heavy (non-hydrogen) atoms. The van der Waals surface area contributed by atoms with Crippen LogP contribution in [0, 0.1) is 0 Å². The van der Waals surface area contributed by atoms with Crippen LogP contribution in [0.15, 0.2) is 48.8 Å². The molecule has 0 bridgehead atoms. The van der Waals surface area contributed by atoms with Gasteiger partial charge in [-0.15, -0.1) is 0 Å². The van der Waals surface area contributed by atoms with Gasteiger partial charge in [-0.25, -0.2) is 0 Å². The Hall–Kier alpha value is -3.41. The topological polar surface area (TPSA) is 76.3 Å². The molecule has 0 aliphatic heterocycles. The zero-order valence-corrected chi connectivity index (χ0v) is 16.0. The molecule has 0 aliphatic carbocycles. The molecule has 0 amide bonds. The van der Waals surface area contributed by atoms with Gasteiger partial charge in [0, 0.05) is 34.2 Å². The second-order valence-electron chi connectivity index (χ2n) is 6.50. The standard InChI is InChI=1S/C22H22N2O4/c1-4-28-22(25)21(17-11-23-19-7-5-13(26-2)9-15(17)19)18-12-24-20-8-6-14(27-3)10-16(18)20/h5-12,21,23-24H,4H2,1-3H3. The van der Waals surface area contributed by atoms with Crippen LogP contribution in [-0.2, 0) is 9.53 Å². The Labute approximate surface area is 162 Å². The largest absolute Gasteiger partial charge is 0.497 e. The minimum atomic E-state index is -0.582. The van der Waals surface area contributed by atoms with Gasteiger partial charge in [-0.3, -0.25) is 4.79 Å². The maximum absolute atomic E-state index is 13.0. The SMILES string of the molecule is CCOC(=O)C(c1c[nH]c2ccc(OC)cc12)c1c[nH]c2ccc(OC)cc12. The zero-order chi connectivity index (χ0) is 19.7. The van der Waals surface area contributed by atoms with E-state index in [4.69, 9.17) is 14.2 Å². The van der Waals surface area contributed by atoms with E-state index in [-0.39, 0.29) is 5.97 Å². The minimum absolute atomic E-state index is 0.296. The van der Waals surface area contributed by atoms with Gasteiger partial charge in [-0.05, 0) is 54.4 Å². The first kappa shape index (κ1) is 18.0. The molecule has 0 atom stereocenters. The summed E-state index contributed by atoms with van der Waals surface area (Å²) in [5.74, 6) is 0.588. The Bertz CT molecular complexity index is 1060. The summed E-state index contributed by atoms with van der Waals surface area (Å²) >= 11 is 0. The highest BCUT2D eigenvalue weighted by Crippen LogP contribution is 2.37. The van der Waals surface area contributed by atoms with Crippen LogP contribution in [0.4, 0.5) is 0 Å². The molecule has 2 aromatic carbocycles. The number of benzene rings is 2. The molecule has 0 aliphatic rings.